The van der Waals surface area contributed by atoms with Gasteiger partial charge in [-0.15, -0.1) is 0 Å². The fourth-order valence-electron chi connectivity index (χ4n) is 1.31. The van der Waals surface area contributed by atoms with Gasteiger partial charge in [-0.3, -0.25) is 14.7 Å². The van der Waals surface area contributed by atoms with Gasteiger partial charge < -0.3 is 0 Å². The first kappa shape index (κ1) is 14.3. The summed E-state index contributed by atoms with van der Waals surface area (Å²) in [5, 5.41) is 2.22. The minimum atomic E-state index is -4.38. The van der Waals surface area contributed by atoms with Crippen molar-refractivity contribution in [3.05, 3.63) is 41.4 Å². The fourth-order valence-corrected chi connectivity index (χ4v) is 1.96. The van der Waals surface area contributed by atoms with Gasteiger partial charge in [-0.25, -0.2) is 9.97 Å². The minimum absolute atomic E-state index is 0.0108. The van der Waals surface area contributed by atoms with Crippen LogP contribution in [0.3, 0.4) is 0 Å². The molecule has 1 amide bonds. The van der Waals surface area contributed by atoms with E-state index in [1.807, 2.05) is 0 Å². The zero-order valence-corrected chi connectivity index (χ0v) is 11.3. The highest BCUT2D eigenvalue weighted by Gasteiger charge is 2.14. The molecule has 0 aliphatic rings. The average molecular weight is 315 g/mol. The van der Waals surface area contributed by atoms with E-state index in [1.165, 1.54) is 12.1 Å². The van der Waals surface area contributed by atoms with Crippen LogP contribution < -0.4 is 5.32 Å². The SMILES string of the molecule is O=C(Nc1ncnc(Cl)n1)c1cccc(S(=O)(=O)O)c1. The molecule has 1 aromatic heterocycles. The predicted molar refractivity (Wildman–Crippen MR) is 69.0 cm³/mol. The number of nitrogens with one attached hydrogen (secondary N) is 1. The molecule has 0 saturated carbocycles. The number of halogens is 1. The Bertz CT molecular complexity index is 765. The smallest absolute Gasteiger partial charge is 0.290 e. The molecule has 10 heteroatoms. The van der Waals surface area contributed by atoms with Crippen LogP contribution in [0.1, 0.15) is 10.4 Å². The van der Waals surface area contributed by atoms with Crippen molar-refractivity contribution >= 4 is 33.6 Å². The molecule has 8 nitrogen and oxygen atoms in total. The van der Waals surface area contributed by atoms with E-state index >= 15 is 0 Å². The Labute approximate surface area is 118 Å². The monoisotopic (exact) mass is 314 g/mol. The number of benzene rings is 1. The van der Waals surface area contributed by atoms with Crippen molar-refractivity contribution in [2.75, 3.05) is 5.32 Å². The van der Waals surface area contributed by atoms with Crippen LogP contribution in [0.2, 0.25) is 5.28 Å². The zero-order chi connectivity index (χ0) is 14.8. The van der Waals surface area contributed by atoms with Gasteiger partial charge in [-0.05, 0) is 29.8 Å². The van der Waals surface area contributed by atoms with Crippen LogP contribution in [0.15, 0.2) is 35.5 Å². The molecule has 0 bridgehead atoms. The second kappa shape index (κ2) is 5.49. The van der Waals surface area contributed by atoms with Crippen molar-refractivity contribution in [2.24, 2.45) is 0 Å². The van der Waals surface area contributed by atoms with Gasteiger partial charge in [0.1, 0.15) is 6.33 Å². The highest BCUT2D eigenvalue weighted by Crippen LogP contribution is 2.12. The Hall–Kier alpha value is -2.10. The number of carbonyl (C=O) groups excluding carboxylic acids is 1. The quantitative estimate of drug-likeness (QED) is 0.811. The zero-order valence-electron chi connectivity index (χ0n) is 9.69. The van der Waals surface area contributed by atoms with Crippen molar-refractivity contribution in [1.82, 2.24) is 15.0 Å². The van der Waals surface area contributed by atoms with Gasteiger partial charge in [0.25, 0.3) is 16.0 Å². The highest BCUT2D eigenvalue weighted by atomic mass is 35.5. The maximum atomic E-state index is 11.9. The second-order valence-corrected chi connectivity index (χ2v) is 5.29. The van der Waals surface area contributed by atoms with Gasteiger partial charge in [0.05, 0.1) is 4.90 Å². The summed E-state index contributed by atoms with van der Waals surface area (Å²) in [5.41, 5.74) is 0.0108. The number of nitrogens with zero attached hydrogens (tertiary/aromatic N) is 3. The average Bonchev–Trinajstić information content (AvgIpc) is 2.38. The molecule has 104 valence electrons. The van der Waals surface area contributed by atoms with Crippen LogP contribution in [0.25, 0.3) is 0 Å². The molecule has 2 rings (SSSR count). The molecule has 0 aliphatic heterocycles. The number of hydrogen-bond donors (Lipinski definition) is 2. The molecule has 2 aromatic rings. The minimum Gasteiger partial charge on any atom is -0.290 e. The molecular formula is C10H7ClN4O4S. The van der Waals surface area contributed by atoms with Crippen LogP contribution in [-0.2, 0) is 10.1 Å². The maximum Gasteiger partial charge on any atom is 0.294 e. The number of anilines is 1. The summed E-state index contributed by atoms with van der Waals surface area (Å²) in [4.78, 5) is 22.4. The van der Waals surface area contributed by atoms with Gasteiger partial charge in [0.2, 0.25) is 11.2 Å². The number of amides is 1. The summed E-state index contributed by atoms with van der Waals surface area (Å²) in [6.07, 6.45) is 1.11. The molecule has 0 saturated heterocycles. The van der Waals surface area contributed by atoms with Gasteiger partial charge in [-0.2, -0.15) is 13.4 Å². The molecule has 1 heterocycles. The van der Waals surface area contributed by atoms with Crippen molar-refractivity contribution in [3.63, 3.8) is 0 Å². The van der Waals surface area contributed by atoms with Crippen LogP contribution in [0, 0.1) is 0 Å². The highest BCUT2D eigenvalue weighted by molar-refractivity contribution is 7.85. The predicted octanol–water partition coefficient (Wildman–Crippen LogP) is 1.02. The Morgan fingerprint density at radius 3 is 2.70 bits per heavy atom. The van der Waals surface area contributed by atoms with Gasteiger partial charge >= 0.3 is 0 Å². The lowest BCUT2D eigenvalue weighted by atomic mass is 10.2. The third kappa shape index (κ3) is 3.47. The molecule has 2 N–H and O–H groups in total. The van der Waals surface area contributed by atoms with E-state index in [1.54, 1.807) is 0 Å². The second-order valence-electron chi connectivity index (χ2n) is 3.54. The maximum absolute atomic E-state index is 11.9. The summed E-state index contributed by atoms with van der Waals surface area (Å²) in [6.45, 7) is 0. The Balaban J connectivity index is 2.26. The van der Waals surface area contributed by atoms with Crippen molar-refractivity contribution in [1.29, 1.82) is 0 Å². The van der Waals surface area contributed by atoms with Crippen LogP contribution in [0.4, 0.5) is 5.95 Å². The lowest BCUT2D eigenvalue weighted by Crippen LogP contribution is -2.15. The van der Waals surface area contributed by atoms with E-state index < -0.39 is 16.0 Å². The molecule has 0 fully saturated rings. The first-order chi connectivity index (χ1) is 9.36. The fraction of sp³-hybridized carbons (Fsp3) is 0. The topological polar surface area (TPSA) is 122 Å². The van der Waals surface area contributed by atoms with Crippen molar-refractivity contribution < 1.29 is 17.8 Å². The number of carbonyl (C=O) groups is 1. The summed E-state index contributed by atoms with van der Waals surface area (Å²) in [6, 6.07) is 4.87. The van der Waals surface area contributed by atoms with Crippen LogP contribution >= 0.6 is 11.6 Å². The summed E-state index contributed by atoms with van der Waals surface area (Å²) < 4.78 is 30.9. The first-order valence-corrected chi connectivity index (χ1v) is 6.91. The third-order valence-electron chi connectivity index (χ3n) is 2.16. The molecule has 0 unspecified atom stereocenters. The normalized spacial score (nSPS) is 11.1. The molecule has 20 heavy (non-hydrogen) atoms. The van der Waals surface area contributed by atoms with Gasteiger partial charge in [-0.1, -0.05) is 6.07 Å². The summed E-state index contributed by atoms with van der Waals surface area (Å²) in [5.74, 6) is -0.731. The standard InChI is InChI=1S/C10H7ClN4O4S/c11-9-12-5-13-10(15-9)14-8(16)6-2-1-3-7(4-6)20(17,18)19/h1-5H,(H,17,18,19)(H,12,13,14,15,16). The van der Waals surface area contributed by atoms with Crippen molar-refractivity contribution in [3.8, 4) is 0 Å². The van der Waals surface area contributed by atoms with E-state index in [-0.39, 0.29) is 21.7 Å². The molecular weight excluding hydrogens is 308 g/mol. The Morgan fingerprint density at radius 2 is 2.05 bits per heavy atom. The third-order valence-corrected chi connectivity index (χ3v) is 3.19. The molecule has 0 spiro atoms. The van der Waals surface area contributed by atoms with E-state index in [0.717, 1.165) is 18.5 Å². The largest absolute Gasteiger partial charge is 0.294 e. The van der Waals surface area contributed by atoms with Gasteiger partial charge in [0, 0.05) is 5.56 Å². The number of aromatic nitrogens is 3. The Morgan fingerprint density at radius 1 is 1.30 bits per heavy atom. The molecule has 0 aliphatic carbocycles. The van der Waals surface area contributed by atoms with E-state index in [2.05, 4.69) is 20.3 Å². The van der Waals surface area contributed by atoms with E-state index in [9.17, 15) is 13.2 Å². The first-order valence-electron chi connectivity index (χ1n) is 5.10. The number of hydrogen-bond acceptors (Lipinski definition) is 6. The summed E-state index contributed by atoms with van der Waals surface area (Å²) in [7, 11) is -4.38. The van der Waals surface area contributed by atoms with E-state index in [4.69, 9.17) is 16.2 Å². The molecule has 0 atom stereocenters. The van der Waals surface area contributed by atoms with Gasteiger partial charge in [0.15, 0.2) is 0 Å². The van der Waals surface area contributed by atoms with Crippen LogP contribution in [-0.4, -0.2) is 33.8 Å². The Kier molecular flexibility index (Phi) is 3.93. The summed E-state index contributed by atoms with van der Waals surface area (Å²) >= 11 is 5.53. The molecule has 0 radical (unpaired) electrons. The van der Waals surface area contributed by atoms with E-state index in [0.29, 0.717) is 0 Å². The lowest BCUT2D eigenvalue weighted by molar-refractivity contribution is 0.102. The number of rotatable bonds is 3. The van der Waals surface area contributed by atoms with Crippen molar-refractivity contribution in [2.45, 2.75) is 4.90 Å². The molecule has 1 aromatic carbocycles. The lowest BCUT2D eigenvalue weighted by Gasteiger charge is -2.04. The van der Waals surface area contributed by atoms with Crippen LogP contribution in [0.5, 0.6) is 0 Å².